The van der Waals surface area contributed by atoms with Crippen LogP contribution in [0, 0.1) is 12.4 Å². The largest absolute Gasteiger partial charge is 0.442 e. The number of nitrogens with one attached hydrogen (secondary N) is 1. The Morgan fingerprint density at radius 2 is 2.14 bits per heavy atom. The van der Waals surface area contributed by atoms with E-state index < -0.39 is 18.0 Å². The number of benzene rings is 1. The highest BCUT2D eigenvalue weighted by molar-refractivity contribution is 8.02. The summed E-state index contributed by atoms with van der Waals surface area (Å²) >= 11 is 1.46. The maximum absolute atomic E-state index is 14.8. The predicted molar refractivity (Wildman–Crippen MR) is 111 cm³/mol. The number of piperidine rings is 1. The number of hydrogen-bond acceptors (Lipinski definition) is 5. The lowest BCUT2D eigenvalue weighted by molar-refractivity contribution is -0.119. The molecule has 2 saturated heterocycles. The average molecular weight is 418 g/mol. The molecular formula is C20H23FN4O3S. The minimum Gasteiger partial charge on any atom is -0.442 e. The Morgan fingerprint density at radius 1 is 1.41 bits per heavy atom. The molecule has 2 amide bonds. The van der Waals surface area contributed by atoms with Crippen molar-refractivity contribution in [1.82, 2.24) is 5.32 Å². The average Bonchev–Trinajstić information content (AvgIpc) is 3.08. The molecule has 29 heavy (non-hydrogen) atoms. The number of cyclic esters (lactones) is 1. The van der Waals surface area contributed by atoms with Crippen molar-refractivity contribution in [3.05, 3.63) is 46.0 Å². The summed E-state index contributed by atoms with van der Waals surface area (Å²) in [5.74, 6) is -0.598. The van der Waals surface area contributed by atoms with Crippen molar-refractivity contribution in [2.45, 2.75) is 25.9 Å². The van der Waals surface area contributed by atoms with Crippen molar-refractivity contribution in [3.8, 4) is 0 Å². The Balaban J connectivity index is 1.67. The summed E-state index contributed by atoms with van der Waals surface area (Å²) in [6.45, 7) is 10.4. The lowest BCUT2D eigenvalue weighted by Crippen LogP contribution is -2.33. The first-order chi connectivity index (χ1) is 13.9. The lowest BCUT2D eigenvalue weighted by Gasteiger charge is -2.31. The van der Waals surface area contributed by atoms with Gasteiger partial charge in [0.2, 0.25) is 10.9 Å². The first-order valence-corrected chi connectivity index (χ1v) is 10.6. The number of carbonyl (C=O) groups excluding carboxylic acids is 2. The molecule has 7 nitrogen and oxygen atoms in total. The van der Waals surface area contributed by atoms with Crippen LogP contribution in [0.2, 0.25) is 0 Å². The van der Waals surface area contributed by atoms with E-state index in [2.05, 4.69) is 10.2 Å². The zero-order chi connectivity index (χ0) is 21.0. The van der Waals surface area contributed by atoms with Gasteiger partial charge in [0.1, 0.15) is 11.9 Å². The molecule has 1 atom stereocenters. The molecule has 1 aromatic carbocycles. The van der Waals surface area contributed by atoms with Crippen molar-refractivity contribution in [2.75, 3.05) is 42.2 Å². The van der Waals surface area contributed by atoms with Gasteiger partial charge in [-0.1, -0.05) is 5.57 Å². The number of amides is 2. The first kappa shape index (κ1) is 21.0. The number of rotatable bonds is 5. The van der Waals surface area contributed by atoms with E-state index in [4.69, 9.17) is 11.3 Å². The van der Waals surface area contributed by atoms with E-state index >= 15 is 0 Å². The number of thioether (sulfide) groups is 1. The minimum absolute atomic E-state index is 0.199. The monoisotopic (exact) mass is 418 g/mol. The van der Waals surface area contributed by atoms with Crippen LogP contribution in [0.5, 0.6) is 0 Å². The second-order valence-corrected chi connectivity index (χ2v) is 7.70. The molecule has 0 spiro atoms. The Labute approximate surface area is 173 Å². The first-order valence-electron chi connectivity index (χ1n) is 9.33. The molecular weight excluding hydrogens is 395 g/mol. The zero-order valence-electron chi connectivity index (χ0n) is 16.4. The summed E-state index contributed by atoms with van der Waals surface area (Å²) in [6, 6.07) is 4.73. The minimum atomic E-state index is -0.552. The highest BCUT2D eigenvalue weighted by atomic mass is 32.2. The molecule has 1 N–H and O–H groups in total. The summed E-state index contributed by atoms with van der Waals surface area (Å²) in [5, 5.41) is 3.35. The number of carbonyl (C=O) groups is 2. The molecule has 0 unspecified atom stereocenters. The van der Waals surface area contributed by atoms with Crippen molar-refractivity contribution < 1.29 is 18.7 Å². The van der Waals surface area contributed by atoms with E-state index in [0.29, 0.717) is 24.5 Å². The van der Waals surface area contributed by atoms with E-state index in [-0.39, 0.29) is 19.0 Å². The molecule has 2 aliphatic heterocycles. The molecule has 0 aromatic heterocycles. The Bertz CT molecular complexity index is 873. The van der Waals surface area contributed by atoms with Gasteiger partial charge in [-0.15, -0.1) is 11.8 Å². The van der Waals surface area contributed by atoms with Crippen LogP contribution in [0.4, 0.5) is 20.6 Å². The number of nitrogens with zero attached hydrogens (tertiary/aromatic N) is 3. The maximum Gasteiger partial charge on any atom is 0.414 e. The topological polar surface area (TPSA) is 66.2 Å². The third kappa shape index (κ3) is 4.82. The molecule has 2 heterocycles. The third-order valence-corrected chi connectivity index (χ3v) is 5.77. The SMILES string of the molecule is [C-]#[N+]C(SC)=C1CCN(c2ccc(N3C[C@H](CNC(C)=O)OC3=O)cc2F)CC1. The van der Waals surface area contributed by atoms with Crippen molar-refractivity contribution in [2.24, 2.45) is 0 Å². The van der Waals surface area contributed by atoms with E-state index in [1.54, 1.807) is 12.1 Å². The summed E-state index contributed by atoms with van der Waals surface area (Å²) in [5.41, 5.74) is 2.05. The zero-order valence-corrected chi connectivity index (χ0v) is 17.2. The van der Waals surface area contributed by atoms with E-state index in [1.807, 2.05) is 11.2 Å². The third-order valence-electron chi connectivity index (χ3n) is 5.00. The van der Waals surface area contributed by atoms with E-state index in [1.165, 1.54) is 29.7 Å². The summed E-state index contributed by atoms with van der Waals surface area (Å²) in [4.78, 5) is 30.0. The summed E-state index contributed by atoms with van der Waals surface area (Å²) in [6.07, 6.45) is 2.36. The van der Waals surface area contributed by atoms with Gasteiger partial charge in [-0.3, -0.25) is 9.69 Å². The van der Waals surface area contributed by atoms with Crippen LogP contribution in [-0.2, 0) is 9.53 Å². The standard InChI is InChI=1S/C20H23FN4O3S/c1-13(26)23-11-16-12-25(20(27)28-16)15-4-5-18(17(21)10-15)24-8-6-14(7-9-24)19(22-2)29-3/h4-5,10,16H,6-9,11-12H2,1,3H3,(H,23,26)/t16-/m0/s1. The van der Waals surface area contributed by atoms with Crippen LogP contribution >= 0.6 is 11.8 Å². The second kappa shape index (κ2) is 9.18. The van der Waals surface area contributed by atoms with Crippen LogP contribution in [0.25, 0.3) is 4.85 Å². The molecule has 0 aliphatic carbocycles. The second-order valence-electron chi connectivity index (χ2n) is 6.90. The van der Waals surface area contributed by atoms with Gasteiger partial charge in [-0.2, -0.15) is 0 Å². The van der Waals surface area contributed by atoms with Crippen LogP contribution < -0.4 is 15.1 Å². The number of anilines is 2. The fourth-order valence-electron chi connectivity index (χ4n) is 3.52. The maximum atomic E-state index is 14.8. The Kier molecular flexibility index (Phi) is 6.64. The lowest BCUT2D eigenvalue weighted by atomic mass is 10.0. The molecule has 9 heteroatoms. The highest BCUT2D eigenvalue weighted by Crippen LogP contribution is 2.32. The van der Waals surface area contributed by atoms with E-state index in [0.717, 1.165) is 23.4 Å². The van der Waals surface area contributed by atoms with Crippen molar-refractivity contribution in [1.29, 1.82) is 0 Å². The van der Waals surface area contributed by atoms with Crippen molar-refractivity contribution in [3.63, 3.8) is 0 Å². The molecule has 2 aliphatic rings. The highest BCUT2D eigenvalue weighted by Gasteiger charge is 2.33. The molecule has 1 aromatic rings. The fraction of sp³-hybridized carbons (Fsp3) is 0.450. The van der Waals surface area contributed by atoms with Crippen LogP contribution in [0.1, 0.15) is 19.8 Å². The van der Waals surface area contributed by atoms with Gasteiger partial charge in [0, 0.05) is 20.0 Å². The van der Waals surface area contributed by atoms with Crippen LogP contribution in [0.3, 0.4) is 0 Å². The Morgan fingerprint density at radius 3 is 2.72 bits per heavy atom. The van der Waals surface area contributed by atoms with Gasteiger partial charge in [-0.05, 0) is 37.3 Å². The molecule has 154 valence electrons. The van der Waals surface area contributed by atoms with Gasteiger partial charge in [-0.25, -0.2) is 14.0 Å². The smallest absolute Gasteiger partial charge is 0.414 e. The quantitative estimate of drug-likeness (QED) is 0.743. The number of halogens is 1. The van der Waals surface area contributed by atoms with Gasteiger partial charge in [0.25, 0.3) is 0 Å². The molecule has 0 bridgehead atoms. The van der Waals surface area contributed by atoms with Gasteiger partial charge in [0.15, 0.2) is 0 Å². The van der Waals surface area contributed by atoms with Gasteiger partial charge >= 0.3 is 6.09 Å². The molecule has 0 radical (unpaired) electrons. The van der Waals surface area contributed by atoms with E-state index in [9.17, 15) is 14.0 Å². The molecule has 2 fully saturated rings. The number of hydrogen-bond donors (Lipinski definition) is 1. The van der Waals surface area contributed by atoms with Gasteiger partial charge in [0.05, 0.1) is 31.0 Å². The summed E-state index contributed by atoms with van der Waals surface area (Å²) < 4.78 is 20.0. The normalized spacial score (nSPS) is 19.0. The fourth-order valence-corrected chi connectivity index (χ4v) is 4.10. The number of ether oxygens (including phenoxy) is 1. The van der Waals surface area contributed by atoms with Gasteiger partial charge < -0.3 is 15.0 Å². The van der Waals surface area contributed by atoms with Crippen LogP contribution in [-0.4, -0.2) is 50.5 Å². The predicted octanol–water partition coefficient (Wildman–Crippen LogP) is 3.38. The Hall–Kier alpha value is -2.73. The molecule has 3 rings (SSSR count). The van der Waals surface area contributed by atoms with Crippen molar-refractivity contribution >= 4 is 35.1 Å². The van der Waals surface area contributed by atoms with Crippen LogP contribution in [0.15, 0.2) is 28.8 Å². The summed E-state index contributed by atoms with van der Waals surface area (Å²) in [7, 11) is 0. The molecule has 0 saturated carbocycles.